The Kier molecular flexibility index (Phi) is 3.88. The molecule has 94 valence electrons. The first kappa shape index (κ1) is 12.5. The molecule has 0 unspecified atom stereocenters. The van der Waals surface area contributed by atoms with Crippen molar-refractivity contribution < 1.29 is 4.74 Å². The van der Waals surface area contributed by atoms with Crippen LogP contribution in [0.3, 0.4) is 0 Å². The first-order valence-electron chi connectivity index (χ1n) is 5.93. The van der Waals surface area contributed by atoms with Gasteiger partial charge in [0.2, 0.25) is 0 Å². The van der Waals surface area contributed by atoms with Gasteiger partial charge in [0, 0.05) is 36.7 Å². The molecule has 0 aliphatic rings. The van der Waals surface area contributed by atoms with Crippen molar-refractivity contribution in [1.82, 2.24) is 9.88 Å². The van der Waals surface area contributed by atoms with Crippen molar-refractivity contribution in [3.8, 4) is 5.75 Å². The van der Waals surface area contributed by atoms with Gasteiger partial charge in [0.05, 0.1) is 7.11 Å². The van der Waals surface area contributed by atoms with Gasteiger partial charge < -0.3 is 14.6 Å². The number of hydrogen-bond donors (Lipinski definition) is 1. The minimum absolute atomic E-state index is 0.786. The van der Waals surface area contributed by atoms with Gasteiger partial charge in [-0.15, -0.1) is 5.73 Å². The van der Waals surface area contributed by atoms with Gasteiger partial charge in [0.15, 0.2) is 0 Å². The molecule has 1 heterocycles. The summed E-state index contributed by atoms with van der Waals surface area (Å²) in [4.78, 5) is 0. The maximum Gasteiger partial charge on any atom is 0.119 e. The minimum atomic E-state index is 0.786. The lowest BCUT2D eigenvalue weighted by molar-refractivity contribution is 0.415. The van der Waals surface area contributed by atoms with Crippen molar-refractivity contribution in [3.05, 3.63) is 48.3 Å². The monoisotopic (exact) mass is 242 g/mol. The van der Waals surface area contributed by atoms with Crippen molar-refractivity contribution >= 4 is 10.9 Å². The highest BCUT2D eigenvalue weighted by atomic mass is 16.5. The molecule has 3 heteroatoms. The van der Waals surface area contributed by atoms with Crippen LogP contribution in [0.2, 0.25) is 0 Å². The molecule has 3 nitrogen and oxygen atoms in total. The molecule has 0 aliphatic carbocycles. The third kappa shape index (κ3) is 2.48. The fourth-order valence-electron chi connectivity index (χ4n) is 2.03. The van der Waals surface area contributed by atoms with Crippen LogP contribution in [0.4, 0.5) is 0 Å². The van der Waals surface area contributed by atoms with Crippen LogP contribution in [0, 0.1) is 0 Å². The molecule has 0 saturated carbocycles. The zero-order chi connectivity index (χ0) is 13.0. The number of aromatic nitrogens is 1. The molecule has 2 rings (SSSR count). The van der Waals surface area contributed by atoms with E-state index in [4.69, 9.17) is 4.74 Å². The van der Waals surface area contributed by atoms with E-state index in [2.05, 4.69) is 47.4 Å². The van der Waals surface area contributed by atoms with E-state index in [1.54, 1.807) is 7.11 Å². The number of benzene rings is 1. The standard InChI is InChI=1S/C15H18N2O/c1-4-5-8-16-11-13-9-12-10-14(18-3)6-7-15(12)17(13)2/h5-7,9-10,16H,1,8,11H2,2-3H3. The summed E-state index contributed by atoms with van der Waals surface area (Å²) in [6, 6.07) is 8.31. The average molecular weight is 242 g/mol. The summed E-state index contributed by atoms with van der Waals surface area (Å²) in [5.74, 6) is 0.891. The van der Waals surface area contributed by atoms with Crippen LogP contribution in [0.15, 0.2) is 42.7 Å². The summed E-state index contributed by atoms with van der Waals surface area (Å²) in [5, 5.41) is 4.52. The normalized spacial score (nSPS) is 10.3. The zero-order valence-corrected chi connectivity index (χ0v) is 10.9. The highest BCUT2D eigenvalue weighted by molar-refractivity contribution is 5.82. The molecule has 1 aromatic carbocycles. The van der Waals surface area contributed by atoms with Crippen LogP contribution in [-0.2, 0) is 13.6 Å². The largest absolute Gasteiger partial charge is 0.497 e. The Morgan fingerprint density at radius 2 is 2.28 bits per heavy atom. The summed E-state index contributed by atoms with van der Waals surface area (Å²) in [7, 11) is 3.77. The molecule has 1 aromatic heterocycles. The second kappa shape index (κ2) is 5.58. The number of nitrogens with zero attached hydrogens (tertiary/aromatic N) is 1. The smallest absolute Gasteiger partial charge is 0.119 e. The van der Waals surface area contributed by atoms with E-state index in [0.29, 0.717) is 0 Å². The van der Waals surface area contributed by atoms with Gasteiger partial charge in [-0.05, 0) is 30.3 Å². The fourth-order valence-corrected chi connectivity index (χ4v) is 2.03. The van der Waals surface area contributed by atoms with E-state index < -0.39 is 0 Å². The molecule has 0 fully saturated rings. The summed E-state index contributed by atoms with van der Waals surface area (Å²) in [6.45, 7) is 5.15. The van der Waals surface area contributed by atoms with Gasteiger partial charge in [-0.2, -0.15) is 0 Å². The summed E-state index contributed by atoms with van der Waals surface area (Å²) >= 11 is 0. The van der Waals surface area contributed by atoms with Crippen molar-refractivity contribution in [2.24, 2.45) is 7.05 Å². The fraction of sp³-hybridized carbons (Fsp3) is 0.267. The molecular weight excluding hydrogens is 224 g/mol. The van der Waals surface area contributed by atoms with Gasteiger partial charge in [-0.25, -0.2) is 0 Å². The molecule has 0 aliphatic heterocycles. The van der Waals surface area contributed by atoms with Crippen LogP contribution < -0.4 is 10.1 Å². The zero-order valence-electron chi connectivity index (χ0n) is 10.9. The number of rotatable bonds is 5. The van der Waals surface area contributed by atoms with E-state index in [1.165, 1.54) is 16.6 Å². The van der Waals surface area contributed by atoms with Gasteiger partial charge >= 0.3 is 0 Å². The number of methoxy groups -OCH3 is 1. The highest BCUT2D eigenvalue weighted by Crippen LogP contribution is 2.23. The lowest BCUT2D eigenvalue weighted by Gasteiger charge is -2.04. The van der Waals surface area contributed by atoms with E-state index in [9.17, 15) is 0 Å². The molecule has 1 N–H and O–H groups in total. The number of hydrogen-bond acceptors (Lipinski definition) is 2. The van der Waals surface area contributed by atoms with Crippen molar-refractivity contribution in [1.29, 1.82) is 0 Å². The summed E-state index contributed by atoms with van der Waals surface area (Å²) in [6.07, 6.45) is 1.88. The average Bonchev–Trinajstić information content (AvgIpc) is 2.71. The van der Waals surface area contributed by atoms with Crippen molar-refractivity contribution in [2.45, 2.75) is 6.54 Å². The van der Waals surface area contributed by atoms with Crippen LogP contribution >= 0.6 is 0 Å². The Bertz CT molecular complexity index is 592. The van der Waals surface area contributed by atoms with Crippen molar-refractivity contribution in [2.75, 3.05) is 13.7 Å². The third-order valence-corrected chi connectivity index (χ3v) is 3.05. The Labute approximate surface area is 107 Å². The minimum Gasteiger partial charge on any atom is -0.497 e. The molecule has 0 amide bonds. The lowest BCUT2D eigenvalue weighted by atomic mass is 10.2. The maximum absolute atomic E-state index is 5.24. The van der Waals surface area contributed by atoms with Gasteiger partial charge in [-0.1, -0.05) is 6.58 Å². The molecule has 0 saturated heterocycles. The number of nitrogens with one attached hydrogen (secondary N) is 1. The van der Waals surface area contributed by atoms with Crippen LogP contribution in [-0.4, -0.2) is 18.2 Å². The Balaban J connectivity index is 2.23. The van der Waals surface area contributed by atoms with Gasteiger partial charge in [-0.3, -0.25) is 0 Å². The van der Waals surface area contributed by atoms with Crippen LogP contribution in [0.25, 0.3) is 10.9 Å². The molecule has 0 atom stereocenters. The van der Waals surface area contributed by atoms with Crippen molar-refractivity contribution in [3.63, 3.8) is 0 Å². The molecule has 18 heavy (non-hydrogen) atoms. The molecule has 0 bridgehead atoms. The van der Waals surface area contributed by atoms with Crippen LogP contribution in [0.5, 0.6) is 5.75 Å². The second-order valence-corrected chi connectivity index (χ2v) is 4.16. The summed E-state index contributed by atoms with van der Waals surface area (Å²) in [5.41, 5.74) is 5.21. The molecule has 0 radical (unpaired) electrons. The van der Waals surface area contributed by atoms with Gasteiger partial charge in [0.25, 0.3) is 0 Å². The van der Waals surface area contributed by atoms with Gasteiger partial charge in [0.1, 0.15) is 5.75 Å². The van der Waals surface area contributed by atoms with E-state index >= 15 is 0 Å². The number of ether oxygens (including phenoxy) is 1. The second-order valence-electron chi connectivity index (χ2n) is 4.16. The predicted molar refractivity (Wildman–Crippen MR) is 74.9 cm³/mol. The maximum atomic E-state index is 5.24. The van der Waals surface area contributed by atoms with E-state index in [1.807, 2.05) is 12.1 Å². The highest BCUT2D eigenvalue weighted by Gasteiger charge is 2.05. The number of fused-ring (bicyclic) bond motifs is 1. The lowest BCUT2D eigenvalue weighted by Crippen LogP contribution is -2.14. The Hall–Kier alpha value is -1.96. The molecule has 0 spiro atoms. The first-order valence-corrected chi connectivity index (χ1v) is 5.93. The topological polar surface area (TPSA) is 26.2 Å². The molecule has 2 aromatic rings. The van der Waals surface area contributed by atoms with E-state index in [-0.39, 0.29) is 0 Å². The molecular formula is C15H18N2O. The number of aryl methyl sites for hydroxylation is 1. The SMILES string of the molecule is C=C=CCNCc1cc2cc(OC)ccc2n1C. The predicted octanol–water partition coefficient (Wildman–Crippen LogP) is 2.62. The quantitative estimate of drug-likeness (QED) is 0.644. The summed E-state index contributed by atoms with van der Waals surface area (Å²) < 4.78 is 7.43. The van der Waals surface area contributed by atoms with E-state index in [0.717, 1.165) is 18.8 Å². The van der Waals surface area contributed by atoms with Crippen LogP contribution in [0.1, 0.15) is 5.69 Å². The third-order valence-electron chi connectivity index (χ3n) is 3.05. The Morgan fingerprint density at radius 3 is 3.00 bits per heavy atom. The first-order chi connectivity index (χ1) is 8.76. The Morgan fingerprint density at radius 1 is 1.44 bits per heavy atom.